The van der Waals surface area contributed by atoms with Gasteiger partial charge in [0.05, 0.1) is 26.4 Å². The summed E-state index contributed by atoms with van der Waals surface area (Å²) in [6.07, 6.45) is 0. The fraction of sp³-hybridized carbons (Fsp3) is 1.00. The van der Waals surface area contributed by atoms with Gasteiger partial charge in [-0.25, -0.2) is 0 Å². The van der Waals surface area contributed by atoms with E-state index >= 15 is 0 Å². The third-order valence-electron chi connectivity index (χ3n) is 2.00. The Morgan fingerprint density at radius 3 is 2.12 bits per heavy atom. The molecule has 7 heteroatoms. The lowest BCUT2D eigenvalue weighted by molar-refractivity contribution is -0.0710. The van der Waals surface area contributed by atoms with Gasteiger partial charge in [-0.15, -0.1) is 0 Å². The number of methoxy groups -OCH3 is 1. The summed E-state index contributed by atoms with van der Waals surface area (Å²) in [5, 5.41) is 0. The number of rotatable bonds is 14. The third-order valence-corrected chi connectivity index (χ3v) is 5.85. The molecule has 0 aliphatic carbocycles. The zero-order valence-electron chi connectivity index (χ0n) is 11.1. The Hall–Kier alpha value is 0.234. The molecule has 0 aromatic heterocycles. The van der Waals surface area contributed by atoms with Crippen LogP contribution in [0.3, 0.4) is 0 Å². The highest BCUT2D eigenvalue weighted by atomic mass is 28.2. The number of hydrogen-bond acceptors (Lipinski definition) is 5. The second kappa shape index (κ2) is 16.2. The fourth-order valence-electron chi connectivity index (χ4n) is 1.09. The van der Waals surface area contributed by atoms with Gasteiger partial charge in [0, 0.05) is 13.7 Å². The van der Waals surface area contributed by atoms with Crippen molar-refractivity contribution in [3.8, 4) is 0 Å². The molecule has 0 saturated heterocycles. The quantitative estimate of drug-likeness (QED) is 0.248. The molecule has 5 nitrogen and oxygen atoms in total. The molecule has 0 amide bonds. The van der Waals surface area contributed by atoms with Crippen molar-refractivity contribution in [3.63, 3.8) is 0 Å². The normalized spacial score (nSPS) is 12.4. The summed E-state index contributed by atoms with van der Waals surface area (Å²) in [6, 6.07) is 2.48. The van der Waals surface area contributed by atoms with Crippen molar-refractivity contribution in [2.24, 2.45) is 0 Å². The molecular weight excluding hydrogens is 256 g/mol. The lowest BCUT2D eigenvalue weighted by Crippen LogP contribution is -2.11. The first-order chi connectivity index (χ1) is 8.41. The molecule has 0 fully saturated rings. The van der Waals surface area contributed by atoms with Crippen molar-refractivity contribution in [1.29, 1.82) is 0 Å². The van der Waals surface area contributed by atoms with Crippen molar-refractivity contribution in [3.05, 3.63) is 0 Å². The smallest absolute Gasteiger partial charge is 0.161 e. The molecule has 0 saturated carbocycles. The van der Waals surface area contributed by atoms with E-state index in [1.807, 2.05) is 6.92 Å². The van der Waals surface area contributed by atoms with Gasteiger partial charge >= 0.3 is 0 Å². The number of hydrogen-bond donors (Lipinski definition) is 0. The Balaban J connectivity index is 2.85. The van der Waals surface area contributed by atoms with Crippen LogP contribution in [0.4, 0.5) is 0 Å². The van der Waals surface area contributed by atoms with E-state index in [2.05, 4.69) is 0 Å². The van der Waals surface area contributed by atoms with Gasteiger partial charge in [-0.3, -0.25) is 0 Å². The summed E-state index contributed by atoms with van der Waals surface area (Å²) in [6.45, 7) is 5.73. The minimum absolute atomic E-state index is 0.253. The molecule has 104 valence electrons. The van der Waals surface area contributed by atoms with Crippen LogP contribution >= 0.6 is 0 Å². The molecule has 0 rings (SSSR count). The van der Waals surface area contributed by atoms with Gasteiger partial charge in [0.25, 0.3) is 0 Å². The zero-order valence-corrected chi connectivity index (χ0v) is 13.9. The van der Waals surface area contributed by atoms with Crippen molar-refractivity contribution < 1.29 is 23.1 Å². The Morgan fingerprint density at radius 2 is 1.47 bits per heavy atom. The van der Waals surface area contributed by atoms with Gasteiger partial charge in [0.1, 0.15) is 6.79 Å². The van der Waals surface area contributed by atoms with Gasteiger partial charge < -0.3 is 23.1 Å². The summed E-state index contributed by atoms with van der Waals surface area (Å²) in [5.74, 6) is 0. The molecule has 17 heavy (non-hydrogen) atoms. The molecule has 0 unspecified atom stereocenters. The number of ether oxygens (including phenoxy) is 3. The van der Waals surface area contributed by atoms with Crippen LogP contribution in [0, 0.1) is 0 Å². The van der Waals surface area contributed by atoms with E-state index in [4.69, 9.17) is 23.1 Å². The molecule has 0 aromatic carbocycles. The van der Waals surface area contributed by atoms with Crippen LogP contribution in [0.2, 0.25) is 12.1 Å². The van der Waals surface area contributed by atoms with Crippen molar-refractivity contribution in [1.82, 2.24) is 0 Å². The molecule has 0 aliphatic heterocycles. The van der Waals surface area contributed by atoms with Crippen LogP contribution in [-0.4, -0.2) is 66.5 Å². The van der Waals surface area contributed by atoms with Crippen LogP contribution in [0.5, 0.6) is 0 Å². The molecule has 0 heterocycles. The molecule has 0 spiro atoms. The van der Waals surface area contributed by atoms with Crippen molar-refractivity contribution in [2.45, 2.75) is 19.0 Å². The largest absolute Gasteiger partial charge is 0.424 e. The maximum Gasteiger partial charge on any atom is 0.161 e. The highest BCUT2D eigenvalue weighted by Gasteiger charge is 1.93. The fourth-order valence-corrected chi connectivity index (χ4v) is 3.74. The predicted octanol–water partition coefficient (Wildman–Crippen LogP) is -0.319. The SMILES string of the molecule is CCO[SiH2]CC[SiH2]OCCOCOCCOC. The molecular formula is C10H26O5Si2. The molecule has 0 aromatic rings. The van der Waals surface area contributed by atoms with Gasteiger partial charge in [0.2, 0.25) is 0 Å². The van der Waals surface area contributed by atoms with Gasteiger partial charge in [0.15, 0.2) is 19.5 Å². The van der Waals surface area contributed by atoms with Crippen LogP contribution in [0.15, 0.2) is 0 Å². The second-order valence-electron chi connectivity index (χ2n) is 3.44. The Labute approximate surface area is 109 Å². The van der Waals surface area contributed by atoms with Crippen LogP contribution < -0.4 is 0 Å². The monoisotopic (exact) mass is 282 g/mol. The summed E-state index contributed by atoms with van der Waals surface area (Å²) < 4.78 is 26.1. The average Bonchev–Trinajstić information content (AvgIpc) is 2.35. The summed E-state index contributed by atoms with van der Waals surface area (Å²) in [4.78, 5) is 0. The lowest BCUT2D eigenvalue weighted by atomic mass is 10.8. The summed E-state index contributed by atoms with van der Waals surface area (Å²) in [5.41, 5.74) is 0. The van der Waals surface area contributed by atoms with Crippen LogP contribution in [-0.2, 0) is 23.1 Å². The molecule has 0 atom stereocenters. The van der Waals surface area contributed by atoms with E-state index in [0.29, 0.717) is 33.2 Å². The molecule has 0 bridgehead atoms. The van der Waals surface area contributed by atoms with E-state index in [1.165, 1.54) is 12.1 Å². The Morgan fingerprint density at radius 1 is 0.824 bits per heavy atom. The first-order valence-corrected chi connectivity index (χ1v) is 9.37. The molecule has 0 N–H and O–H groups in total. The Kier molecular flexibility index (Phi) is 16.5. The standard InChI is InChI=1S/C10H26O5Si2/c1-3-14-16-8-9-17-15-7-6-13-10-12-5-4-11-2/h3-10,16-17H2,1-2H3. The average molecular weight is 282 g/mol. The Bertz CT molecular complexity index is 126. The lowest BCUT2D eigenvalue weighted by Gasteiger charge is -2.06. The minimum atomic E-state index is -0.350. The van der Waals surface area contributed by atoms with E-state index in [1.54, 1.807) is 7.11 Å². The first-order valence-electron chi connectivity index (χ1n) is 6.21. The molecule has 0 aliphatic rings. The van der Waals surface area contributed by atoms with E-state index in [9.17, 15) is 0 Å². The van der Waals surface area contributed by atoms with Crippen LogP contribution in [0.1, 0.15) is 6.92 Å². The maximum atomic E-state index is 5.54. The highest BCUT2D eigenvalue weighted by Crippen LogP contribution is 1.90. The van der Waals surface area contributed by atoms with Crippen LogP contribution in [0.25, 0.3) is 0 Å². The summed E-state index contributed by atoms with van der Waals surface area (Å²) in [7, 11) is 1.05. The predicted molar refractivity (Wildman–Crippen MR) is 72.9 cm³/mol. The third kappa shape index (κ3) is 16.2. The van der Waals surface area contributed by atoms with E-state index < -0.39 is 0 Å². The maximum absolute atomic E-state index is 5.54. The zero-order chi connectivity index (χ0) is 12.6. The van der Waals surface area contributed by atoms with Gasteiger partial charge in [-0.1, -0.05) is 0 Å². The first kappa shape index (κ1) is 17.2. The van der Waals surface area contributed by atoms with Gasteiger partial charge in [-0.05, 0) is 19.0 Å². The van der Waals surface area contributed by atoms with Crippen molar-refractivity contribution in [2.75, 3.05) is 46.9 Å². The minimum Gasteiger partial charge on any atom is -0.424 e. The molecule has 0 radical (unpaired) electrons. The van der Waals surface area contributed by atoms with Crippen molar-refractivity contribution >= 4 is 19.5 Å². The highest BCUT2D eigenvalue weighted by molar-refractivity contribution is 6.34. The van der Waals surface area contributed by atoms with E-state index in [-0.39, 0.29) is 19.5 Å². The summed E-state index contributed by atoms with van der Waals surface area (Å²) >= 11 is 0. The van der Waals surface area contributed by atoms with E-state index in [0.717, 1.165) is 6.61 Å². The van der Waals surface area contributed by atoms with Gasteiger partial charge in [-0.2, -0.15) is 0 Å². The second-order valence-corrected chi connectivity index (χ2v) is 6.49. The topological polar surface area (TPSA) is 46.2 Å².